The number of ether oxygens (including phenoxy) is 2. The molecule has 18 heavy (non-hydrogen) atoms. The van der Waals surface area contributed by atoms with E-state index in [1.165, 1.54) is 0 Å². The minimum Gasteiger partial charge on any atom is -0.478 e. The molecule has 1 aromatic carbocycles. The Kier molecular flexibility index (Phi) is 2.23. The predicted molar refractivity (Wildman–Crippen MR) is 64.7 cm³/mol. The SMILES string of the molecule is C[C@@]12CCC[C@@](C)(O1)c1ccc(C(=O)O)cc1O2. The quantitative estimate of drug-likeness (QED) is 0.830. The van der Waals surface area contributed by atoms with Crippen LogP contribution in [0.2, 0.25) is 0 Å². The lowest BCUT2D eigenvalue weighted by Crippen LogP contribution is -2.51. The van der Waals surface area contributed by atoms with Gasteiger partial charge >= 0.3 is 5.97 Å². The van der Waals surface area contributed by atoms with Gasteiger partial charge in [0.1, 0.15) is 5.75 Å². The molecule has 0 unspecified atom stereocenters. The van der Waals surface area contributed by atoms with Gasteiger partial charge in [-0.15, -0.1) is 0 Å². The van der Waals surface area contributed by atoms with Crippen LogP contribution in [0.25, 0.3) is 0 Å². The highest BCUT2D eigenvalue weighted by Gasteiger charge is 2.48. The fraction of sp³-hybridized carbons (Fsp3) is 0.500. The van der Waals surface area contributed by atoms with E-state index >= 15 is 0 Å². The predicted octanol–water partition coefficient (Wildman–Crippen LogP) is 2.91. The molecule has 0 aromatic heterocycles. The topological polar surface area (TPSA) is 55.8 Å². The number of carbonyl (C=O) groups is 1. The molecule has 1 aromatic rings. The van der Waals surface area contributed by atoms with E-state index in [1.54, 1.807) is 12.1 Å². The number of carboxylic acids is 1. The van der Waals surface area contributed by atoms with Crippen molar-refractivity contribution in [1.29, 1.82) is 0 Å². The van der Waals surface area contributed by atoms with Crippen LogP contribution >= 0.6 is 0 Å². The van der Waals surface area contributed by atoms with Crippen molar-refractivity contribution in [2.24, 2.45) is 0 Å². The number of carboxylic acid groups (broad SMARTS) is 1. The van der Waals surface area contributed by atoms with Crippen LogP contribution in [0, 0.1) is 0 Å². The fourth-order valence-corrected chi connectivity index (χ4v) is 3.00. The van der Waals surface area contributed by atoms with Gasteiger partial charge in [-0.05, 0) is 31.9 Å². The Bertz CT molecular complexity index is 525. The van der Waals surface area contributed by atoms with Crippen LogP contribution in [0.4, 0.5) is 0 Å². The lowest BCUT2D eigenvalue weighted by Gasteiger charge is -2.49. The third-order valence-electron chi connectivity index (χ3n) is 3.85. The first-order chi connectivity index (χ1) is 8.42. The van der Waals surface area contributed by atoms with Crippen molar-refractivity contribution >= 4 is 5.97 Å². The first-order valence-corrected chi connectivity index (χ1v) is 6.19. The zero-order valence-electron chi connectivity index (χ0n) is 10.5. The molecule has 0 radical (unpaired) electrons. The van der Waals surface area contributed by atoms with E-state index in [0.717, 1.165) is 24.8 Å². The zero-order chi connectivity index (χ0) is 13.0. The molecule has 1 N–H and O–H groups in total. The smallest absolute Gasteiger partial charge is 0.335 e. The van der Waals surface area contributed by atoms with Crippen molar-refractivity contribution in [3.05, 3.63) is 29.3 Å². The Morgan fingerprint density at radius 2 is 2.11 bits per heavy atom. The van der Waals surface area contributed by atoms with E-state index in [0.29, 0.717) is 5.75 Å². The van der Waals surface area contributed by atoms with E-state index in [4.69, 9.17) is 14.6 Å². The van der Waals surface area contributed by atoms with Crippen LogP contribution in [-0.4, -0.2) is 16.9 Å². The molecule has 0 spiro atoms. The maximum Gasteiger partial charge on any atom is 0.335 e. The molecular formula is C14H16O4. The molecule has 1 fully saturated rings. The van der Waals surface area contributed by atoms with E-state index in [1.807, 2.05) is 19.9 Å². The Labute approximate surface area is 106 Å². The molecule has 0 saturated carbocycles. The Hall–Kier alpha value is -1.55. The summed E-state index contributed by atoms with van der Waals surface area (Å²) in [4.78, 5) is 11.0. The molecule has 2 atom stereocenters. The van der Waals surface area contributed by atoms with Crippen LogP contribution < -0.4 is 4.74 Å². The van der Waals surface area contributed by atoms with Gasteiger partial charge in [-0.2, -0.15) is 0 Å². The molecule has 0 amide bonds. The summed E-state index contributed by atoms with van der Waals surface area (Å²) in [7, 11) is 0. The monoisotopic (exact) mass is 248 g/mol. The summed E-state index contributed by atoms with van der Waals surface area (Å²) < 4.78 is 11.9. The van der Waals surface area contributed by atoms with Gasteiger partial charge in [0.15, 0.2) is 0 Å². The number of hydrogen-bond donors (Lipinski definition) is 1. The molecule has 2 aliphatic heterocycles. The Balaban J connectivity index is 2.13. The highest BCUT2D eigenvalue weighted by atomic mass is 16.7. The minimum atomic E-state index is -0.937. The molecule has 1 saturated heterocycles. The maximum absolute atomic E-state index is 11.0. The summed E-state index contributed by atoms with van der Waals surface area (Å²) in [6.07, 6.45) is 2.82. The van der Waals surface area contributed by atoms with Crippen molar-refractivity contribution in [3.8, 4) is 5.75 Å². The van der Waals surface area contributed by atoms with Crippen LogP contribution in [0.1, 0.15) is 49.0 Å². The Morgan fingerprint density at radius 1 is 1.33 bits per heavy atom. The molecule has 3 rings (SSSR count). The lowest BCUT2D eigenvalue weighted by molar-refractivity contribution is -0.283. The summed E-state index contributed by atoms with van der Waals surface area (Å²) in [5.74, 6) is -0.920. The summed E-state index contributed by atoms with van der Waals surface area (Å²) in [6.45, 7) is 3.97. The van der Waals surface area contributed by atoms with Crippen molar-refractivity contribution < 1.29 is 19.4 Å². The van der Waals surface area contributed by atoms with Crippen LogP contribution in [-0.2, 0) is 10.3 Å². The van der Waals surface area contributed by atoms with E-state index in [9.17, 15) is 4.79 Å². The standard InChI is InChI=1S/C14H16O4/c1-13-6-3-7-14(2,18-13)17-11-8-9(12(15)16)4-5-10(11)13/h4-5,8H,3,6-7H2,1-2H3,(H,15,16)/t13-,14+/m1/s1. The van der Waals surface area contributed by atoms with Crippen LogP contribution in [0.5, 0.6) is 5.75 Å². The minimum absolute atomic E-state index is 0.251. The van der Waals surface area contributed by atoms with Crippen molar-refractivity contribution in [2.45, 2.75) is 44.5 Å². The van der Waals surface area contributed by atoms with E-state index in [-0.39, 0.29) is 11.2 Å². The van der Waals surface area contributed by atoms with Crippen molar-refractivity contribution in [3.63, 3.8) is 0 Å². The first kappa shape index (κ1) is 11.5. The first-order valence-electron chi connectivity index (χ1n) is 6.19. The highest BCUT2D eigenvalue weighted by Crippen LogP contribution is 2.50. The molecular weight excluding hydrogens is 232 g/mol. The number of rotatable bonds is 1. The van der Waals surface area contributed by atoms with E-state index < -0.39 is 11.8 Å². The van der Waals surface area contributed by atoms with Gasteiger partial charge in [0.05, 0.1) is 11.2 Å². The van der Waals surface area contributed by atoms with Gasteiger partial charge < -0.3 is 14.6 Å². The molecule has 2 bridgehead atoms. The van der Waals surface area contributed by atoms with E-state index in [2.05, 4.69) is 0 Å². The van der Waals surface area contributed by atoms with Gasteiger partial charge in [0.2, 0.25) is 5.79 Å². The summed E-state index contributed by atoms with van der Waals surface area (Å²) in [6, 6.07) is 5.02. The fourth-order valence-electron chi connectivity index (χ4n) is 3.00. The largest absolute Gasteiger partial charge is 0.478 e. The normalized spacial score (nSPS) is 33.4. The van der Waals surface area contributed by atoms with Crippen LogP contribution in [0.15, 0.2) is 18.2 Å². The highest BCUT2D eigenvalue weighted by molar-refractivity contribution is 5.88. The van der Waals surface area contributed by atoms with Gasteiger partial charge in [0.25, 0.3) is 0 Å². The van der Waals surface area contributed by atoms with Crippen molar-refractivity contribution in [2.75, 3.05) is 0 Å². The number of hydrogen-bond acceptors (Lipinski definition) is 3. The summed E-state index contributed by atoms with van der Waals surface area (Å²) in [5, 5.41) is 9.03. The second-order valence-electron chi connectivity index (χ2n) is 5.44. The number of aromatic carboxylic acids is 1. The van der Waals surface area contributed by atoms with Crippen LogP contribution in [0.3, 0.4) is 0 Å². The van der Waals surface area contributed by atoms with Gasteiger partial charge in [-0.25, -0.2) is 4.79 Å². The molecule has 96 valence electrons. The molecule has 2 heterocycles. The average Bonchev–Trinajstić information content (AvgIpc) is 2.26. The zero-order valence-corrected chi connectivity index (χ0v) is 10.5. The van der Waals surface area contributed by atoms with Gasteiger partial charge in [-0.1, -0.05) is 6.07 Å². The average molecular weight is 248 g/mol. The summed E-state index contributed by atoms with van der Waals surface area (Å²) >= 11 is 0. The molecule has 4 heteroatoms. The second kappa shape index (κ2) is 3.48. The number of fused-ring (bicyclic) bond motifs is 4. The maximum atomic E-state index is 11.0. The third-order valence-corrected chi connectivity index (χ3v) is 3.85. The summed E-state index contributed by atoms with van der Waals surface area (Å²) in [5.41, 5.74) is 0.836. The Morgan fingerprint density at radius 3 is 2.83 bits per heavy atom. The van der Waals surface area contributed by atoms with Gasteiger partial charge in [0, 0.05) is 18.9 Å². The third kappa shape index (κ3) is 1.60. The van der Waals surface area contributed by atoms with Crippen molar-refractivity contribution in [1.82, 2.24) is 0 Å². The second-order valence-corrected chi connectivity index (χ2v) is 5.44. The molecule has 4 nitrogen and oxygen atoms in total. The molecule has 0 aliphatic carbocycles. The molecule has 2 aliphatic rings. The number of benzene rings is 1. The lowest BCUT2D eigenvalue weighted by atomic mass is 9.83. The van der Waals surface area contributed by atoms with Gasteiger partial charge in [-0.3, -0.25) is 0 Å².